The fraction of sp³-hybridized carbons (Fsp3) is 0.158. The zero-order chi connectivity index (χ0) is 18.8. The zero-order valence-corrected chi connectivity index (χ0v) is 15.3. The Morgan fingerprint density at radius 3 is 2.70 bits per heavy atom. The second-order valence-corrected chi connectivity index (χ2v) is 6.34. The molecular formula is C19H17ClN4O3. The van der Waals surface area contributed by atoms with Crippen molar-refractivity contribution in [3.63, 3.8) is 0 Å². The number of benzene rings is 2. The normalized spacial score (nSPS) is 12.5. The summed E-state index contributed by atoms with van der Waals surface area (Å²) in [5.41, 5.74) is 8.14. The maximum absolute atomic E-state index is 6.19. The molecule has 0 amide bonds. The van der Waals surface area contributed by atoms with Crippen LogP contribution in [0.1, 0.15) is 5.56 Å². The molecule has 0 atom stereocenters. The lowest BCUT2D eigenvalue weighted by atomic mass is 10.2. The van der Waals surface area contributed by atoms with Gasteiger partial charge in [-0.15, -0.1) is 0 Å². The predicted octanol–water partition coefficient (Wildman–Crippen LogP) is 4.33. The van der Waals surface area contributed by atoms with Crippen molar-refractivity contribution >= 4 is 28.8 Å². The summed E-state index contributed by atoms with van der Waals surface area (Å²) in [4.78, 5) is 8.32. The maximum Gasteiger partial charge on any atom is 0.248 e. The number of ether oxygens (including phenoxy) is 3. The Morgan fingerprint density at radius 1 is 1.07 bits per heavy atom. The number of halogens is 1. The number of nitrogens with zero attached hydrogens (tertiary/aromatic N) is 2. The summed E-state index contributed by atoms with van der Waals surface area (Å²) in [7, 11) is 0. The molecule has 1 aliphatic rings. The number of anilines is 3. The second kappa shape index (κ2) is 7.20. The molecule has 0 spiro atoms. The third-order valence-corrected chi connectivity index (χ3v) is 4.42. The predicted molar refractivity (Wildman–Crippen MR) is 103 cm³/mol. The molecule has 8 heteroatoms. The Hall–Kier alpha value is -3.19. The summed E-state index contributed by atoms with van der Waals surface area (Å²) >= 11 is 6.05. The molecule has 0 saturated carbocycles. The van der Waals surface area contributed by atoms with Crippen molar-refractivity contribution in [2.75, 3.05) is 24.3 Å². The van der Waals surface area contributed by atoms with Gasteiger partial charge in [0.15, 0.2) is 17.3 Å². The van der Waals surface area contributed by atoms with Crippen molar-refractivity contribution in [3.8, 4) is 23.1 Å². The summed E-state index contributed by atoms with van der Waals surface area (Å²) in [6, 6.07) is 10.9. The van der Waals surface area contributed by atoms with E-state index in [0.29, 0.717) is 47.0 Å². The smallest absolute Gasteiger partial charge is 0.248 e. The summed E-state index contributed by atoms with van der Waals surface area (Å²) in [6.07, 6.45) is 1.38. The molecule has 4 rings (SSSR count). The lowest BCUT2D eigenvalue weighted by Crippen LogP contribution is -2.15. The number of hydrogen-bond donors (Lipinski definition) is 2. The molecule has 0 bridgehead atoms. The van der Waals surface area contributed by atoms with Gasteiger partial charge in [-0.25, -0.2) is 4.98 Å². The third kappa shape index (κ3) is 3.68. The Balaban J connectivity index is 1.57. The van der Waals surface area contributed by atoms with E-state index in [2.05, 4.69) is 15.3 Å². The van der Waals surface area contributed by atoms with Crippen molar-refractivity contribution in [1.82, 2.24) is 9.97 Å². The van der Waals surface area contributed by atoms with Crippen molar-refractivity contribution in [1.29, 1.82) is 0 Å². The van der Waals surface area contributed by atoms with E-state index in [9.17, 15) is 0 Å². The molecule has 3 aromatic rings. The van der Waals surface area contributed by atoms with Gasteiger partial charge in [0, 0.05) is 16.8 Å². The van der Waals surface area contributed by atoms with Crippen molar-refractivity contribution in [3.05, 3.63) is 53.3 Å². The van der Waals surface area contributed by atoms with E-state index in [0.717, 1.165) is 11.3 Å². The van der Waals surface area contributed by atoms with Gasteiger partial charge >= 0.3 is 0 Å². The van der Waals surface area contributed by atoms with Crippen LogP contribution in [0.15, 0.2) is 42.7 Å². The van der Waals surface area contributed by atoms with E-state index >= 15 is 0 Å². The van der Waals surface area contributed by atoms with Crippen LogP contribution >= 0.6 is 11.6 Å². The third-order valence-electron chi connectivity index (χ3n) is 4.00. The van der Waals surface area contributed by atoms with E-state index in [1.54, 1.807) is 12.1 Å². The van der Waals surface area contributed by atoms with Crippen LogP contribution in [0.25, 0.3) is 0 Å². The lowest BCUT2D eigenvalue weighted by Gasteiger charge is -2.19. The molecule has 138 valence electrons. The van der Waals surface area contributed by atoms with Gasteiger partial charge in [-0.1, -0.05) is 11.6 Å². The van der Waals surface area contributed by atoms with Gasteiger partial charge in [0.2, 0.25) is 5.88 Å². The van der Waals surface area contributed by atoms with E-state index < -0.39 is 0 Å². The molecule has 0 unspecified atom stereocenters. The molecule has 0 radical (unpaired) electrons. The van der Waals surface area contributed by atoms with E-state index in [1.165, 1.54) is 6.33 Å². The molecule has 0 saturated heterocycles. The molecule has 0 aliphatic carbocycles. The van der Waals surface area contributed by atoms with Gasteiger partial charge in [-0.2, -0.15) is 4.98 Å². The van der Waals surface area contributed by atoms with Crippen LogP contribution in [0.3, 0.4) is 0 Å². The molecule has 1 aliphatic heterocycles. The number of hydrogen-bond acceptors (Lipinski definition) is 7. The Labute approximate surface area is 161 Å². The minimum atomic E-state index is 0.256. The van der Waals surface area contributed by atoms with Crippen LogP contribution in [-0.4, -0.2) is 23.2 Å². The standard InChI is InChI=1S/C19H17ClN4O3/c1-11-8-13(3-4-14(11)20)27-19-17(21)18(22-10-23-19)24-12-2-5-15-16(9-12)26-7-6-25-15/h2-5,8-10H,6-7,21H2,1H3,(H,22,23,24). The number of aromatic nitrogens is 2. The molecule has 3 N–H and O–H groups in total. The van der Waals surface area contributed by atoms with Crippen molar-refractivity contribution in [2.24, 2.45) is 0 Å². The summed E-state index contributed by atoms with van der Waals surface area (Å²) in [5, 5.41) is 3.82. The van der Waals surface area contributed by atoms with Crippen molar-refractivity contribution < 1.29 is 14.2 Å². The Bertz CT molecular complexity index is 997. The van der Waals surface area contributed by atoms with Gasteiger partial charge in [-0.3, -0.25) is 0 Å². The van der Waals surface area contributed by atoms with E-state index in [4.69, 9.17) is 31.5 Å². The summed E-state index contributed by atoms with van der Waals surface area (Å²) in [5.74, 6) is 2.67. The average molecular weight is 385 g/mol. The van der Waals surface area contributed by atoms with Crippen LogP contribution in [-0.2, 0) is 0 Å². The Morgan fingerprint density at radius 2 is 1.89 bits per heavy atom. The molecule has 2 heterocycles. The molecular weight excluding hydrogens is 368 g/mol. The fourth-order valence-electron chi connectivity index (χ4n) is 2.61. The molecule has 1 aromatic heterocycles. The molecule has 0 fully saturated rings. The van der Waals surface area contributed by atoms with Gasteiger partial charge in [-0.05, 0) is 42.8 Å². The van der Waals surface area contributed by atoms with Gasteiger partial charge < -0.3 is 25.3 Å². The van der Waals surface area contributed by atoms with Crippen LogP contribution in [0.4, 0.5) is 17.2 Å². The van der Waals surface area contributed by atoms with Crippen LogP contribution in [0.2, 0.25) is 5.02 Å². The average Bonchev–Trinajstić information content (AvgIpc) is 2.68. The van der Waals surface area contributed by atoms with Crippen molar-refractivity contribution in [2.45, 2.75) is 6.92 Å². The zero-order valence-electron chi connectivity index (χ0n) is 14.5. The first-order valence-electron chi connectivity index (χ1n) is 8.31. The highest BCUT2D eigenvalue weighted by Crippen LogP contribution is 2.36. The second-order valence-electron chi connectivity index (χ2n) is 5.94. The molecule has 27 heavy (non-hydrogen) atoms. The molecule has 2 aromatic carbocycles. The fourth-order valence-corrected chi connectivity index (χ4v) is 2.73. The minimum Gasteiger partial charge on any atom is -0.486 e. The van der Waals surface area contributed by atoms with E-state index in [1.807, 2.05) is 31.2 Å². The number of aryl methyl sites for hydroxylation is 1. The topological polar surface area (TPSA) is 91.5 Å². The van der Waals surface area contributed by atoms with E-state index in [-0.39, 0.29) is 5.88 Å². The van der Waals surface area contributed by atoms with Gasteiger partial charge in [0.1, 0.15) is 31.0 Å². The molecule has 7 nitrogen and oxygen atoms in total. The largest absolute Gasteiger partial charge is 0.486 e. The number of nitrogen functional groups attached to an aromatic ring is 1. The quantitative estimate of drug-likeness (QED) is 0.691. The van der Waals surface area contributed by atoms with Crippen LogP contribution < -0.4 is 25.3 Å². The first-order valence-corrected chi connectivity index (χ1v) is 8.69. The Kier molecular flexibility index (Phi) is 4.60. The monoisotopic (exact) mass is 384 g/mol. The maximum atomic E-state index is 6.19. The highest BCUT2D eigenvalue weighted by molar-refractivity contribution is 6.31. The van der Waals surface area contributed by atoms with Crippen LogP contribution in [0, 0.1) is 6.92 Å². The first-order chi connectivity index (χ1) is 13.1. The number of nitrogens with two attached hydrogens (primary N) is 1. The van der Waals surface area contributed by atoms with Gasteiger partial charge in [0.25, 0.3) is 0 Å². The number of fused-ring (bicyclic) bond motifs is 1. The number of rotatable bonds is 4. The summed E-state index contributed by atoms with van der Waals surface area (Å²) < 4.78 is 16.9. The highest BCUT2D eigenvalue weighted by atomic mass is 35.5. The highest BCUT2D eigenvalue weighted by Gasteiger charge is 2.14. The SMILES string of the molecule is Cc1cc(Oc2ncnc(Nc3ccc4c(c3)OCCO4)c2N)ccc1Cl. The first kappa shape index (κ1) is 17.2. The number of nitrogens with one attached hydrogen (secondary N) is 1. The minimum absolute atomic E-state index is 0.256. The lowest BCUT2D eigenvalue weighted by molar-refractivity contribution is 0.171. The van der Waals surface area contributed by atoms with Gasteiger partial charge in [0.05, 0.1) is 0 Å². The summed E-state index contributed by atoms with van der Waals surface area (Å²) in [6.45, 7) is 2.96. The van der Waals surface area contributed by atoms with Crippen LogP contribution in [0.5, 0.6) is 23.1 Å².